The number of aromatic nitrogens is 4. The van der Waals surface area contributed by atoms with E-state index < -0.39 is 0 Å². The van der Waals surface area contributed by atoms with E-state index in [2.05, 4.69) is 4.40 Å². The van der Waals surface area contributed by atoms with Crippen LogP contribution in [-0.2, 0) is 4.79 Å². The minimum Gasteiger partial charge on any atom is -0.497 e. The Hall–Kier alpha value is -2.95. The van der Waals surface area contributed by atoms with Crippen molar-refractivity contribution >= 4 is 68.3 Å². The summed E-state index contributed by atoms with van der Waals surface area (Å²) in [7, 11) is 1.65. The minimum absolute atomic E-state index is 0.150. The first kappa shape index (κ1) is 21.6. The summed E-state index contributed by atoms with van der Waals surface area (Å²) in [6, 6.07) is 15.8. The standard InChI is InChI=1S/C24H21N5O2S3/c1-31-16-8-6-7-15(13-16)28-22-20(34-24(28)32)21-25-17-9-2-3-10-18(17)29(21)23(26-22)33-14-19(30)27-11-4-5-12-27/h2-3,6-10,13H,4-5,11-12,14H2,1H3. The maximum Gasteiger partial charge on any atom is 0.233 e. The van der Waals surface area contributed by atoms with Gasteiger partial charge in [-0.25, -0.2) is 9.97 Å². The number of ether oxygens (including phenoxy) is 1. The summed E-state index contributed by atoms with van der Waals surface area (Å²) in [4.78, 5) is 24.7. The van der Waals surface area contributed by atoms with E-state index in [4.69, 9.17) is 26.9 Å². The smallest absolute Gasteiger partial charge is 0.233 e. The van der Waals surface area contributed by atoms with Crippen LogP contribution in [0.4, 0.5) is 0 Å². The molecule has 2 aromatic carbocycles. The molecule has 1 saturated heterocycles. The highest BCUT2D eigenvalue weighted by atomic mass is 32.2. The number of nitrogens with zero attached hydrogens (tertiary/aromatic N) is 5. The third-order valence-corrected chi connectivity index (χ3v) is 8.32. The zero-order valence-corrected chi connectivity index (χ0v) is 20.9. The van der Waals surface area contributed by atoms with E-state index in [9.17, 15) is 4.79 Å². The molecule has 0 atom stereocenters. The van der Waals surface area contributed by atoms with Crippen LogP contribution in [0.5, 0.6) is 5.75 Å². The molecule has 0 bridgehead atoms. The van der Waals surface area contributed by atoms with Crippen LogP contribution in [0.3, 0.4) is 0 Å². The number of methoxy groups -OCH3 is 1. The summed E-state index contributed by atoms with van der Waals surface area (Å²) in [5.74, 6) is 1.23. The zero-order chi connectivity index (χ0) is 23.2. The Morgan fingerprint density at radius 2 is 1.94 bits per heavy atom. The number of imidazole rings is 1. The van der Waals surface area contributed by atoms with Crippen molar-refractivity contribution in [3.05, 3.63) is 52.5 Å². The van der Waals surface area contributed by atoms with Crippen LogP contribution in [0.15, 0.2) is 53.7 Å². The second-order valence-electron chi connectivity index (χ2n) is 8.09. The van der Waals surface area contributed by atoms with Crippen LogP contribution in [0.25, 0.3) is 32.7 Å². The molecular weight excluding hydrogens is 486 g/mol. The van der Waals surface area contributed by atoms with Gasteiger partial charge in [-0.15, -0.1) is 0 Å². The molecule has 34 heavy (non-hydrogen) atoms. The van der Waals surface area contributed by atoms with Gasteiger partial charge in [-0.3, -0.25) is 13.8 Å². The molecule has 3 aromatic heterocycles. The summed E-state index contributed by atoms with van der Waals surface area (Å²) in [5.41, 5.74) is 4.28. The predicted molar refractivity (Wildman–Crippen MR) is 139 cm³/mol. The number of fused-ring (bicyclic) bond motifs is 5. The van der Waals surface area contributed by atoms with Gasteiger partial charge in [0, 0.05) is 19.2 Å². The van der Waals surface area contributed by atoms with Gasteiger partial charge in [0.05, 0.1) is 29.6 Å². The van der Waals surface area contributed by atoms with Crippen LogP contribution in [0.1, 0.15) is 12.8 Å². The molecule has 1 fully saturated rings. The first-order chi connectivity index (χ1) is 16.6. The molecule has 0 spiro atoms. The number of thiazole rings is 1. The molecule has 172 valence electrons. The summed E-state index contributed by atoms with van der Waals surface area (Å²) in [6.45, 7) is 1.68. The number of likely N-dealkylation sites (tertiary alicyclic amines) is 1. The number of benzene rings is 2. The van der Waals surface area contributed by atoms with Gasteiger partial charge in [-0.2, -0.15) is 0 Å². The second kappa shape index (κ2) is 8.68. The highest BCUT2D eigenvalue weighted by molar-refractivity contribution is 7.99. The third-order valence-electron chi connectivity index (χ3n) is 6.04. The Kier molecular flexibility index (Phi) is 5.51. The van der Waals surface area contributed by atoms with Crippen LogP contribution in [0.2, 0.25) is 0 Å². The fraction of sp³-hybridized carbons (Fsp3) is 0.250. The van der Waals surface area contributed by atoms with Crippen molar-refractivity contribution < 1.29 is 9.53 Å². The Morgan fingerprint density at radius 1 is 1.12 bits per heavy atom. The summed E-state index contributed by atoms with van der Waals surface area (Å²) in [6.07, 6.45) is 2.15. The SMILES string of the molecule is COc1cccc(-n2c(=S)sc3c2nc(SCC(=O)N2CCCC2)n2c4ccccc4nc32)c1. The van der Waals surface area contributed by atoms with Gasteiger partial charge in [-0.1, -0.05) is 41.3 Å². The van der Waals surface area contributed by atoms with E-state index >= 15 is 0 Å². The van der Waals surface area contributed by atoms with Crippen molar-refractivity contribution in [1.29, 1.82) is 0 Å². The van der Waals surface area contributed by atoms with Gasteiger partial charge in [0.2, 0.25) is 5.91 Å². The largest absolute Gasteiger partial charge is 0.497 e. The number of rotatable bonds is 5. The monoisotopic (exact) mass is 507 g/mol. The molecule has 1 aliphatic heterocycles. The van der Waals surface area contributed by atoms with E-state index in [-0.39, 0.29) is 5.91 Å². The van der Waals surface area contributed by atoms with E-state index in [1.807, 2.05) is 58.0 Å². The predicted octanol–water partition coefficient (Wildman–Crippen LogP) is 5.34. The Balaban J connectivity index is 1.56. The van der Waals surface area contributed by atoms with E-state index in [0.717, 1.165) is 69.6 Å². The molecule has 10 heteroatoms. The van der Waals surface area contributed by atoms with Crippen LogP contribution in [0, 0.1) is 3.95 Å². The Labute approximate surface area is 209 Å². The zero-order valence-electron chi connectivity index (χ0n) is 18.4. The molecule has 0 N–H and O–H groups in total. The summed E-state index contributed by atoms with van der Waals surface area (Å²) >= 11 is 8.72. The van der Waals surface area contributed by atoms with Crippen molar-refractivity contribution in [2.45, 2.75) is 18.0 Å². The third kappa shape index (κ3) is 3.57. The number of hydrogen-bond acceptors (Lipinski definition) is 7. The van der Waals surface area contributed by atoms with Gasteiger partial charge >= 0.3 is 0 Å². The Morgan fingerprint density at radius 3 is 2.76 bits per heavy atom. The van der Waals surface area contributed by atoms with Crippen LogP contribution in [-0.4, -0.2) is 55.7 Å². The molecule has 6 rings (SSSR count). The highest BCUT2D eigenvalue weighted by Crippen LogP contribution is 2.34. The topological polar surface area (TPSA) is 64.7 Å². The van der Waals surface area contributed by atoms with Gasteiger partial charge in [0.25, 0.3) is 0 Å². The summed E-state index contributed by atoms with van der Waals surface area (Å²) < 4.78 is 11.0. The van der Waals surface area contributed by atoms with Crippen LogP contribution >= 0.6 is 35.3 Å². The summed E-state index contributed by atoms with van der Waals surface area (Å²) in [5, 5.41) is 0.730. The molecule has 1 aliphatic rings. The lowest BCUT2D eigenvalue weighted by molar-refractivity contribution is -0.127. The maximum absolute atomic E-state index is 12.8. The maximum atomic E-state index is 12.8. The second-order valence-corrected chi connectivity index (χ2v) is 10.7. The molecule has 1 amide bonds. The number of carbonyl (C=O) groups is 1. The van der Waals surface area contributed by atoms with Crippen molar-refractivity contribution in [2.24, 2.45) is 0 Å². The normalized spacial score (nSPS) is 14.0. The first-order valence-electron chi connectivity index (χ1n) is 11.0. The fourth-order valence-corrected chi connectivity index (χ4v) is 6.64. The van der Waals surface area contributed by atoms with Gasteiger partial charge in [-0.05, 0) is 49.3 Å². The van der Waals surface area contributed by atoms with Gasteiger partial charge in [0.15, 0.2) is 20.4 Å². The quantitative estimate of drug-likeness (QED) is 0.182. The molecule has 5 aromatic rings. The molecule has 0 saturated carbocycles. The fourth-order valence-electron chi connectivity index (χ4n) is 4.38. The molecule has 0 unspecified atom stereocenters. The van der Waals surface area contributed by atoms with E-state index in [1.54, 1.807) is 7.11 Å². The van der Waals surface area contributed by atoms with Crippen molar-refractivity contribution in [2.75, 3.05) is 26.0 Å². The molecule has 0 radical (unpaired) electrons. The molecule has 4 heterocycles. The van der Waals surface area contributed by atoms with Crippen LogP contribution < -0.4 is 4.74 Å². The lowest BCUT2D eigenvalue weighted by Gasteiger charge is -2.15. The van der Waals surface area contributed by atoms with E-state index in [0.29, 0.717) is 9.71 Å². The minimum atomic E-state index is 0.150. The molecule has 7 nitrogen and oxygen atoms in total. The number of thioether (sulfide) groups is 1. The number of para-hydroxylation sites is 2. The van der Waals surface area contributed by atoms with Crippen molar-refractivity contribution in [1.82, 2.24) is 23.8 Å². The Bertz CT molecular complexity index is 1610. The molecular formula is C24H21N5O2S3. The van der Waals surface area contributed by atoms with Crippen molar-refractivity contribution in [3.63, 3.8) is 0 Å². The lowest BCUT2D eigenvalue weighted by Crippen LogP contribution is -2.29. The number of carbonyl (C=O) groups excluding carboxylic acids is 1. The molecule has 0 aliphatic carbocycles. The number of amides is 1. The van der Waals surface area contributed by atoms with Gasteiger partial charge < -0.3 is 9.64 Å². The van der Waals surface area contributed by atoms with E-state index in [1.165, 1.54) is 23.1 Å². The number of hydrogen-bond donors (Lipinski definition) is 0. The van der Waals surface area contributed by atoms with Crippen molar-refractivity contribution in [3.8, 4) is 11.4 Å². The average molecular weight is 508 g/mol. The highest BCUT2D eigenvalue weighted by Gasteiger charge is 2.22. The average Bonchev–Trinajstić information content (AvgIpc) is 3.59. The lowest BCUT2D eigenvalue weighted by atomic mass is 10.3. The van der Waals surface area contributed by atoms with Gasteiger partial charge in [0.1, 0.15) is 10.4 Å². The first-order valence-corrected chi connectivity index (χ1v) is 13.2.